The molecule has 0 aliphatic heterocycles. The number of Topliss-reactive ketones (excluding diaryl/α,β-unsaturated/α-hetero) is 1. The molecule has 0 amide bonds. The summed E-state index contributed by atoms with van der Waals surface area (Å²) in [5.41, 5.74) is 0.863. The molecular weight excluding hydrogens is 222 g/mol. The number of hydrogen-bond donors (Lipinski definition) is 0. The van der Waals surface area contributed by atoms with E-state index in [1.54, 1.807) is 6.20 Å². The van der Waals surface area contributed by atoms with Crippen LogP contribution >= 0.6 is 0 Å². The Morgan fingerprint density at radius 2 is 2.06 bits per heavy atom. The fourth-order valence-corrected chi connectivity index (χ4v) is 2.95. The van der Waals surface area contributed by atoms with E-state index in [0.717, 1.165) is 16.3 Å². The molecule has 1 aromatic carbocycles. The van der Waals surface area contributed by atoms with Gasteiger partial charge in [0.15, 0.2) is 5.78 Å². The molecule has 18 heavy (non-hydrogen) atoms. The predicted molar refractivity (Wildman–Crippen MR) is 72.6 cm³/mol. The maximum atomic E-state index is 12.4. The number of fused-ring (bicyclic) bond motifs is 1. The first-order chi connectivity index (χ1) is 8.84. The Hall–Kier alpha value is -1.70. The number of pyridine rings is 1. The van der Waals surface area contributed by atoms with Crippen molar-refractivity contribution in [1.82, 2.24) is 4.98 Å². The Kier molecular flexibility index (Phi) is 3.09. The van der Waals surface area contributed by atoms with Gasteiger partial charge in [0.1, 0.15) is 0 Å². The summed E-state index contributed by atoms with van der Waals surface area (Å²) in [7, 11) is 0. The second-order valence-corrected chi connectivity index (χ2v) is 5.18. The van der Waals surface area contributed by atoms with Gasteiger partial charge in [0.25, 0.3) is 0 Å². The molecule has 0 bridgehead atoms. The van der Waals surface area contributed by atoms with Crippen LogP contribution in [0.5, 0.6) is 0 Å². The summed E-state index contributed by atoms with van der Waals surface area (Å²) in [5.74, 6) is 0.897. The van der Waals surface area contributed by atoms with Crippen molar-refractivity contribution in [3.05, 3.63) is 42.2 Å². The number of hydrogen-bond acceptors (Lipinski definition) is 2. The molecule has 2 heteroatoms. The van der Waals surface area contributed by atoms with E-state index >= 15 is 0 Å². The van der Waals surface area contributed by atoms with Crippen LogP contribution in [0.3, 0.4) is 0 Å². The highest BCUT2D eigenvalue weighted by Crippen LogP contribution is 2.29. The third kappa shape index (κ3) is 2.15. The van der Waals surface area contributed by atoms with Crippen LogP contribution < -0.4 is 0 Å². The largest absolute Gasteiger partial charge is 0.294 e. The van der Waals surface area contributed by atoms with E-state index in [4.69, 9.17) is 0 Å². The second kappa shape index (κ2) is 4.89. The van der Waals surface area contributed by atoms with Crippen LogP contribution in [0, 0.1) is 5.92 Å². The monoisotopic (exact) mass is 239 g/mol. The summed E-state index contributed by atoms with van der Waals surface area (Å²) in [6.07, 6.45) is 9.31. The molecular formula is C16H17NO. The maximum absolute atomic E-state index is 12.4. The average Bonchev–Trinajstić information content (AvgIpc) is 2.91. The van der Waals surface area contributed by atoms with E-state index < -0.39 is 0 Å². The molecule has 1 aromatic heterocycles. The molecule has 1 heterocycles. The number of carbonyl (C=O) groups is 1. The van der Waals surface area contributed by atoms with Crippen molar-refractivity contribution in [2.24, 2.45) is 5.92 Å². The van der Waals surface area contributed by atoms with E-state index in [1.807, 2.05) is 30.5 Å². The fraction of sp³-hybridized carbons (Fsp3) is 0.375. The van der Waals surface area contributed by atoms with Crippen molar-refractivity contribution in [1.29, 1.82) is 0 Å². The van der Waals surface area contributed by atoms with Gasteiger partial charge in [-0.15, -0.1) is 0 Å². The first kappa shape index (κ1) is 11.4. The minimum absolute atomic E-state index is 0.290. The van der Waals surface area contributed by atoms with Gasteiger partial charge in [0.05, 0.1) is 0 Å². The number of aromatic nitrogens is 1. The Morgan fingerprint density at radius 3 is 2.89 bits per heavy atom. The van der Waals surface area contributed by atoms with Crippen molar-refractivity contribution >= 4 is 16.6 Å². The smallest absolute Gasteiger partial charge is 0.163 e. The van der Waals surface area contributed by atoms with Gasteiger partial charge in [0, 0.05) is 29.8 Å². The molecule has 0 atom stereocenters. The van der Waals surface area contributed by atoms with Gasteiger partial charge in [-0.1, -0.05) is 43.9 Å². The second-order valence-electron chi connectivity index (χ2n) is 5.18. The lowest BCUT2D eigenvalue weighted by molar-refractivity contribution is 0.0964. The van der Waals surface area contributed by atoms with Gasteiger partial charge >= 0.3 is 0 Å². The average molecular weight is 239 g/mol. The molecule has 1 aliphatic rings. The van der Waals surface area contributed by atoms with Gasteiger partial charge in [-0.05, 0) is 17.4 Å². The van der Waals surface area contributed by atoms with Crippen LogP contribution in [-0.2, 0) is 0 Å². The molecule has 1 saturated carbocycles. The fourth-order valence-electron chi connectivity index (χ4n) is 2.95. The molecule has 0 saturated heterocycles. The van der Waals surface area contributed by atoms with Crippen molar-refractivity contribution < 1.29 is 4.79 Å². The molecule has 3 rings (SSSR count). The minimum atomic E-state index is 0.290. The quantitative estimate of drug-likeness (QED) is 0.758. The Labute approximate surface area is 107 Å². The first-order valence-electron chi connectivity index (χ1n) is 6.70. The van der Waals surface area contributed by atoms with Crippen LogP contribution in [0.2, 0.25) is 0 Å². The molecule has 0 radical (unpaired) electrons. The zero-order chi connectivity index (χ0) is 12.4. The van der Waals surface area contributed by atoms with Crippen molar-refractivity contribution in [2.45, 2.75) is 32.1 Å². The normalized spacial score (nSPS) is 16.2. The molecule has 2 nitrogen and oxygen atoms in total. The zero-order valence-corrected chi connectivity index (χ0v) is 10.4. The van der Waals surface area contributed by atoms with Crippen LogP contribution in [0.15, 0.2) is 36.7 Å². The lowest BCUT2D eigenvalue weighted by Gasteiger charge is -2.09. The summed E-state index contributed by atoms with van der Waals surface area (Å²) in [6.45, 7) is 0. The Balaban J connectivity index is 1.91. The van der Waals surface area contributed by atoms with Crippen LogP contribution in [-0.4, -0.2) is 10.8 Å². The number of carbonyl (C=O) groups excluding carboxylic acids is 1. The molecule has 1 fully saturated rings. The lowest BCUT2D eigenvalue weighted by atomic mass is 9.94. The topological polar surface area (TPSA) is 30.0 Å². The minimum Gasteiger partial charge on any atom is -0.294 e. The third-order valence-corrected chi connectivity index (χ3v) is 3.93. The van der Waals surface area contributed by atoms with E-state index in [1.165, 1.54) is 25.7 Å². The molecule has 1 aliphatic carbocycles. The SMILES string of the molecule is O=C(CC1CCCC1)c1cccc2cnccc12. The van der Waals surface area contributed by atoms with E-state index in [-0.39, 0.29) is 0 Å². The highest BCUT2D eigenvalue weighted by atomic mass is 16.1. The van der Waals surface area contributed by atoms with Gasteiger partial charge in [0.2, 0.25) is 0 Å². The lowest BCUT2D eigenvalue weighted by Crippen LogP contribution is -2.06. The van der Waals surface area contributed by atoms with E-state index in [2.05, 4.69) is 4.98 Å². The molecule has 0 N–H and O–H groups in total. The zero-order valence-electron chi connectivity index (χ0n) is 10.4. The molecule has 0 spiro atoms. The summed E-state index contributed by atoms with van der Waals surface area (Å²) in [4.78, 5) is 16.5. The highest BCUT2D eigenvalue weighted by Gasteiger charge is 2.20. The van der Waals surface area contributed by atoms with Crippen LogP contribution in [0.25, 0.3) is 10.8 Å². The first-order valence-corrected chi connectivity index (χ1v) is 6.70. The Bertz CT molecular complexity index is 565. The summed E-state index contributed by atoms with van der Waals surface area (Å²) < 4.78 is 0. The predicted octanol–water partition coefficient (Wildman–Crippen LogP) is 4.00. The van der Waals surface area contributed by atoms with Crippen molar-refractivity contribution in [3.8, 4) is 0 Å². The van der Waals surface area contributed by atoms with Crippen molar-refractivity contribution in [3.63, 3.8) is 0 Å². The van der Waals surface area contributed by atoms with Crippen molar-refractivity contribution in [2.75, 3.05) is 0 Å². The van der Waals surface area contributed by atoms with Crippen LogP contribution in [0.1, 0.15) is 42.5 Å². The summed E-state index contributed by atoms with van der Waals surface area (Å²) in [5, 5.41) is 2.09. The standard InChI is InChI=1S/C16H17NO/c18-16(10-12-4-1-2-5-12)15-7-3-6-13-11-17-9-8-14(13)15/h3,6-9,11-12H,1-2,4-5,10H2. The van der Waals surface area contributed by atoms with E-state index in [0.29, 0.717) is 18.1 Å². The van der Waals surface area contributed by atoms with E-state index in [9.17, 15) is 4.79 Å². The number of benzene rings is 1. The van der Waals surface area contributed by atoms with Crippen LogP contribution in [0.4, 0.5) is 0 Å². The summed E-state index contributed by atoms with van der Waals surface area (Å²) >= 11 is 0. The third-order valence-electron chi connectivity index (χ3n) is 3.93. The Morgan fingerprint density at radius 1 is 1.22 bits per heavy atom. The molecule has 92 valence electrons. The molecule has 0 unspecified atom stereocenters. The van der Waals surface area contributed by atoms with Gasteiger partial charge in [-0.3, -0.25) is 9.78 Å². The highest BCUT2D eigenvalue weighted by molar-refractivity contribution is 6.07. The number of nitrogens with zero attached hydrogens (tertiary/aromatic N) is 1. The van der Waals surface area contributed by atoms with Gasteiger partial charge < -0.3 is 0 Å². The van der Waals surface area contributed by atoms with Gasteiger partial charge in [-0.2, -0.15) is 0 Å². The molecule has 2 aromatic rings. The number of ketones is 1. The van der Waals surface area contributed by atoms with Gasteiger partial charge in [-0.25, -0.2) is 0 Å². The number of rotatable bonds is 3. The maximum Gasteiger partial charge on any atom is 0.163 e. The summed E-state index contributed by atoms with van der Waals surface area (Å²) in [6, 6.07) is 7.84.